The lowest BCUT2D eigenvalue weighted by Crippen LogP contribution is -2.43. The molecule has 1 aliphatic carbocycles. The highest BCUT2D eigenvalue weighted by molar-refractivity contribution is 8.00. The zero-order chi connectivity index (χ0) is 18.4. The van der Waals surface area contributed by atoms with Crippen molar-refractivity contribution < 1.29 is 15.3 Å². The Kier molecular flexibility index (Phi) is 6.76. The predicted molar refractivity (Wildman–Crippen MR) is 106 cm³/mol. The van der Waals surface area contributed by atoms with E-state index in [1.807, 2.05) is 36.4 Å². The van der Waals surface area contributed by atoms with Crippen molar-refractivity contribution >= 4 is 11.8 Å². The quantitative estimate of drug-likeness (QED) is 0.677. The van der Waals surface area contributed by atoms with E-state index >= 15 is 0 Å². The van der Waals surface area contributed by atoms with Crippen LogP contribution in [0.1, 0.15) is 50.2 Å². The van der Waals surface area contributed by atoms with Gasteiger partial charge in [0.15, 0.2) is 0 Å². The van der Waals surface area contributed by atoms with Gasteiger partial charge in [-0.3, -0.25) is 0 Å². The lowest BCUT2D eigenvalue weighted by Gasteiger charge is -2.41. The molecule has 3 N–H and O–H groups in total. The van der Waals surface area contributed by atoms with Crippen LogP contribution in [0.25, 0.3) is 0 Å². The van der Waals surface area contributed by atoms with Crippen LogP contribution in [-0.2, 0) is 0 Å². The average molecular weight is 373 g/mol. The molecule has 0 radical (unpaired) electrons. The number of rotatable bonds is 7. The Bertz CT molecular complexity index is 656. The predicted octanol–water partition coefficient (Wildman–Crippen LogP) is 4.33. The molecule has 0 unspecified atom stereocenters. The SMILES string of the molecule is O[C@H](C[C@H](O)C1(Sc2ccccc2)CCCCC1)[C@H](O)c1ccccc1. The van der Waals surface area contributed by atoms with Gasteiger partial charge < -0.3 is 15.3 Å². The summed E-state index contributed by atoms with van der Waals surface area (Å²) in [5.74, 6) is 0. The van der Waals surface area contributed by atoms with Gasteiger partial charge >= 0.3 is 0 Å². The van der Waals surface area contributed by atoms with E-state index in [0.29, 0.717) is 5.56 Å². The number of hydrogen-bond donors (Lipinski definition) is 3. The topological polar surface area (TPSA) is 60.7 Å². The first-order valence-electron chi connectivity index (χ1n) is 9.44. The third-order valence-electron chi connectivity index (χ3n) is 5.34. The summed E-state index contributed by atoms with van der Waals surface area (Å²) in [6.45, 7) is 0. The molecule has 0 bridgehead atoms. The van der Waals surface area contributed by atoms with Gasteiger partial charge in [-0.15, -0.1) is 11.8 Å². The fraction of sp³-hybridized carbons (Fsp3) is 0.455. The molecule has 26 heavy (non-hydrogen) atoms. The summed E-state index contributed by atoms with van der Waals surface area (Å²) in [6, 6.07) is 19.3. The molecule has 0 amide bonds. The Hall–Kier alpha value is -1.33. The highest BCUT2D eigenvalue weighted by atomic mass is 32.2. The standard InChI is InChI=1S/C22H28O3S/c23-19(21(25)17-10-4-1-5-11-17)16-20(24)22(14-8-3-9-15-22)26-18-12-6-2-7-13-18/h1-2,4-7,10-13,19-21,23-25H,3,8-9,14-16H2/t19-,20+,21-/m1/s1. The first kappa shape index (κ1) is 19.4. The molecular formula is C22H28O3S. The van der Waals surface area contributed by atoms with E-state index in [0.717, 1.165) is 30.6 Å². The summed E-state index contributed by atoms with van der Waals surface area (Å²) in [5.41, 5.74) is 0.681. The molecule has 3 rings (SSSR count). The molecular weight excluding hydrogens is 344 g/mol. The number of thioether (sulfide) groups is 1. The normalized spacial score (nSPS) is 20.3. The summed E-state index contributed by atoms with van der Waals surface area (Å²) in [4.78, 5) is 1.14. The van der Waals surface area contributed by atoms with Crippen LogP contribution >= 0.6 is 11.8 Å². The summed E-state index contributed by atoms with van der Waals surface area (Å²) in [6.07, 6.45) is 2.79. The van der Waals surface area contributed by atoms with E-state index in [1.54, 1.807) is 23.9 Å². The second-order valence-electron chi connectivity index (χ2n) is 7.21. The van der Waals surface area contributed by atoms with Gasteiger partial charge in [0.1, 0.15) is 6.10 Å². The highest BCUT2D eigenvalue weighted by Gasteiger charge is 2.41. The second-order valence-corrected chi connectivity index (χ2v) is 8.70. The van der Waals surface area contributed by atoms with Gasteiger partial charge in [-0.05, 0) is 30.5 Å². The maximum Gasteiger partial charge on any atom is 0.105 e. The molecule has 2 aromatic carbocycles. The minimum Gasteiger partial charge on any atom is -0.392 e. The molecule has 3 atom stereocenters. The summed E-state index contributed by atoms with van der Waals surface area (Å²) in [5, 5.41) is 32.0. The maximum absolute atomic E-state index is 11.1. The molecule has 0 aromatic heterocycles. The Morgan fingerprint density at radius 3 is 2.00 bits per heavy atom. The molecule has 2 aromatic rings. The van der Waals surface area contributed by atoms with Crippen LogP contribution in [0.2, 0.25) is 0 Å². The fourth-order valence-corrected chi connectivity index (χ4v) is 5.31. The third kappa shape index (κ3) is 4.68. The van der Waals surface area contributed by atoms with E-state index in [-0.39, 0.29) is 11.2 Å². The first-order chi connectivity index (χ1) is 12.6. The van der Waals surface area contributed by atoms with Crippen LogP contribution in [0.15, 0.2) is 65.6 Å². The molecule has 1 fully saturated rings. The van der Waals surface area contributed by atoms with E-state index < -0.39 is 18.3 Å². The van der Waals surface area contributed by atoms with Crippen LogP contribution in [0.4, 0.5) is 0 Å². The van der Waals surface area contributed by atoms with Gasteiger partial charge in [-0.2, -0.15) is 0 Å². The molecule has 1 aliphatic rings. The van der Waals surface area contributed by atoms with Crippen molar-refractivity contribution in [1.82, 2.24) is 0 Å². The smallest absolute Gasteiger partial charge is 0.105 e. The Balaban J connectivity index is 1.72. The van der Waals surface area contributed by atoms with Gasteiger partial charge in [0.25, 0.3) is 0 Å². The molecule has 0 aliphatic heterocycles. The molecule has 4 heteroatoms. The molecule has 0 saturated heterocycles. The van der Waals surface area contributed by atoms with Crippen molar-refractivity contribution in [3.63, 3.8) is 0 Å². The lowest BCUT2D eigenvalue weighted by atomic mass is 9.81. The van der Waals surface area contributed by atoms with Gasteiger partial charge in [-0.25, -0.2) is 0 Å². The Morgan fingerprint density at radius 2 is 1.38 bits per heavy atom. The van der Waals surface area contributed by atoms with Crippen molar-refractivity contribution in [3.8, 4) is 0 Å². The van der Waals surface area contributed by atoms with E-state index in [1.165, 1.54) is 6.42 Å². The third-order valence-corrected chi connectivity index (χ3v) is 6.94. The van der Waals surface area contributed by atoms with Crippen LogP contribution in [0.5, 0.6) is 0 Å². The Morgan fingerprint density at radius 1 is 0.808 bits per heavy atom. The summed E-state index contributed by atoms with van der Waals surface area (Å²) >= 11 is 1.73. The van der Waals surface area contributed by atoms with Crippen LogP contribution in [0.3, 0.4) is 0 Å². The molecule has 0 heterocycles. The van der Waals surface area contributed by atoms with Crippen molar-refractivity contribution in [3.05, 3.63) is 66.2 Å². The summed E-state index contributed by atoms with van der Waals surface area (Å²) < 4.78 is -0.295. The zero-order valence-corrected chi connectivity index (χ0v) is 15.8. The van der Waals surface area contributed by atoms with E-state index in [2.05, 4.69) is 12.1 Å². The van der Waals surface area contributed by atoms with Gasteiger partial charge in [0.2, 0.25) is 0 Å². The minimum absolute atomic E-state index is 0.176. The molecule has 3 nitrogen and oxygen atoms in total. The monoisotopic (exact) mass is 372 g/mol. The first-order valence-corrected chi connectivity index (χ1v) is 10.3. The van der Waals surface area contributed by atoms with Gasteiger partial charge in [0.05, 0.1) is 12.2 Å². The number of aliphatic hydroxyl groups excluding tert-OH is 3. The van der Waals surface area contributed by atoms with Crippen LogP contribution in [-0.4, -0.2) is 32.3 Å². The number of benzene rings is 2. The zero-order valence-electron chi connectivity index (χ0n) is 15.0. The van der Waals surface area contributed by atoms with Crippen molar-refractivity contribution in [1.29, 1.82) is 0 Å². The summed E-state index contributed by atoms with van der Waals surface area (Å²) in [7, 11) is 0. The van der Waals surface area contributed by atoms with Crippen molar-refractivity contribution in [2.24, 2.45) is 0 Å². The molecule has 0 spiro atoms. The maximum atomic E-state index is 11.1. The minimum atomic E-state index is -0.984. The van der Waals surface area contributed by atoms with E-state index in [4.69, 9.17) is 0 Å². The number of hydrogen-bond acceptors (Lipinski definition) is 4. The highest BCUT2D eigenvalue weighted by Crippen LogP contribution is 2.47. The van der Waals surface area contributed by atoms with Gasteiger partial charge in [-0.1, -0.05) is 67.8 Å². The van der Waals surface area contributed by atoms with Gasteiger partial charge in [0, 0.05) is 16.1 Å². The lowest BCUT2D eigenvalue weighted by molar-refractivity contribution is -0.0246. The largest absolute Gasteiger partial charge is 0.392 e. The fourth-order valence-electron chi connectivity index (χ4n) is 3.82. The van der Waals surface area contributed by atoms with Crippen LogP contribution in [0, 0.1) is 0 Å². The molecule has 140 valence electrons. The number of aliphatic hydroxyl groups is 3. The van der Waals surface area contributed by atoms with Crippen molar-refractivity contribution in [2.45, 2.75) is 66.5 Å². The van der Waals surface area contributed by atoms with Crippen molar-refractivity contribution in [2.75, 3.05) is 0 Å². The second kappa shape index (κ2) is 9.05. The van der Waals surface area contributed by atoms with E-state index in [9.17, 15) is 15.3 Å². The average Bonchev–Trinajstić information content (AvgIpc) is 2.69. The molecule has 1 saturated carbocycles. The van der Waals surface area contributed by atoms with Crippen LogP contribution < -0.4 is 0 Å². The Labute approximate surface area is 160 Å².